The zero-order chi connectivity index (χ0) is 8.48. The molecule has 2 nitrogen and oxygen atoms in total. The minimum atomic E-state index is -3.40. The minimum Gasteiger partial charge on any atom is -0.212 e. The predicted octanol–water partition coefficient (Wildman–Crippen LogP) is 2.58. The van der Waals surface area contributed by atoms with Gasteiger partial charge in [-0.1, -0.05) is 0 Å². The Morgan fingerprint density at radius 3 is 2.55 bits per heavy atom. The van der Waals surface area contributed by atoms with E-state index in [4.69, 9.17) is 10.7 Å². The van der Waals surface area contributed by atoms with Gasteiger partial charge in [0, 0.05) is 15.6 Å². The van der Waals surface area contributed by atoms with E-state index in [1.807, 2.05) is 0 Å². The summed E-state index contributed by atoms with van der Waals surface area (Å²) in [7, 11) is 1.64. The van der Waals surface area contributed by atoms with Crippen molar-refractivity contribution in [3.05, 3.63) is 20.8 Å². The van der Waals surface area contributed by atoms with Gasteiger partial charge in [0.15, 0.2) is 0 Å². The first-order valence-electron chi connectivity index (χ1n) is 2.64. The Kier molecular flexibility index (Phi) is 2.96. The summed E-state index contributed by atoms with van der Waals surface area (Å²) >= 11 is 4.59. The molecule has 0 aliphatic carbocycles. The Morgan fingerprint density at radius 1 is 1.55 bits per heavy atom. The maximum absolute atomic E-state index is 10.6. The Hall–Kier alpha value is 0.420. The van der Waals surface area contributed by atoms with Crippen LogP contribution in [0, 0.1) is 0 Å². The van der Waals surface area contributed by atoms with E-state index >= 15 is 0 Å². The summed E-state index contributed by atoms with van der Waals surface area (Å²) < 4.78 is 22.0. The van der Waals surface area contributed by atoms with Crippen LogP contribution in [0.1, 0.15) is 4.88 Å². The van der Waals surface area contributed by atoms with Crippen LogP contribution >= 0.6 is 37.9 Å². The molecule has 0 saturated carbocycles. The zero-order valence-corrected chi connectivity index (χ0v) is 9.23. The van der Waals surface area contributed by atoms with Crippen LogP contribution in [0.4, 0.5) is 0 Å². The summed E-state index contributed by atoms with van der Waals surface area (Å²) in [6.45, 7) is 0. The molecule has 0 unspecified atom stereocenters. The Bertz CT molecular complexity index is 343. The highest BCUT2D eigenvalue weighted by molar-refractivity contribution is 9.11. The SMILES string of the molecule is O=S(=O)(Cl)Cc1ccc(Br)s1. The van der Waals surface area contributed by atoms with E-state index < -0.39 is 9.05 Å². The lowest BCUT2D eigenvalue weighted by atomic mass is 10.5. The molecule has 0 radical (unpaired) electrons. The van der Waals surface area contributed by atoms with Crippen molar-refractivity contribution in [1.29, 1.82) is 0 Å². The van der Waals surface area contributed by atoms with Crippen LogP contribution in [0.3, 0.4) is 0 Å². The van der Waals surface area contributed by atoms with Crippen LogP contribution in [0.15, 0.2) is 15.9 Å². The Morgan fingerprint density at radius 2 is 2.18 bits per heavy atom. The molecule has 6 heteroatoms. The molecule has 62 valence electrons. The highest BCUT2D eigenvalue weighted by Gasteiger charge is 2.08. The molecule has 0 saturated heterocycles. The molecule has 0 aliphatic heterocycles. The molecule has 0 spiro atoms. The first kappa shape index (κ1) is 9.51. The van der Waals surface area contributed by atoms with Crippen molar-refractivity contribution in [3.8, 4) is 0 Å². The molecular weight excluding hydrogens is 272 g/mol. The van der Waals surface area contributed by atoms with Crippen LogP contribution in [-0.4, -0.2) is 8.42 Å². The van der Waals surface area contributed by atoms with Crippen molar-refractivity contribution in [2.45, 2.75) is 5.75 Å². The lowest BCUT2D eigenvalue weighted by Gasteiger charge is -1.88. The predicted molar refractivity (Wildman–Crippen MR) is 50.5 cm³/mol. The van der Waals surface area contributed by atoms with Crippen LogP contribution < -0.4 is 0 Å². The summed E-state index contributed by atoms with van der Waals surface area (Å²) in [6, 6.07) is 3.52. The number of hydrogen-bond acceptors (Lipinski definition) is 3. The van der Waals surface area contributed by atoms with Gasteiger partial charge < -0.3 is 0 Å². The van der Waals surface area contributed by atoms with Crippen molar-refractivity contribution < 1.29 is 8.42 Å². The third kappa shape index (κ3) is 3.55. The average molecular weight is 276 g/mol. The Labute approximate surface area is 81.7 Å². The average Bonchev–Trinajstić information content (AvgIpc) is 2.10. The van der Waals surface area contributed by atoms with E-state index in [2.05, 4.69) is 15.9 Å². The molecule has 0 atom stereocenters. The fourth-order valence-corrected chi connectivity index (χ4v) is 3.56. The van der Waals surface area contributed by atoms with Gasteiger partial charge in [-0.2, -0.15) is 0 Å². The number of rotatable bonds is 2. The quantitative estimate of drug-likeness (QED) is 0.778. The summed E-state index contributed by atoms with van der Waals surface area (Å²) in [5.41, 5.74) is 0. The van der Waals surface area contributed by atoms with Gasteiger partial charge in [0.25, 0.3) is 0 Å². The van der Waals surface area contributed by atoms with E-state index in [1.165, 1.54) is 11.3 Å². The van der Waals surface area contributed by atoms with Gasteiger partial charge in [-0.05, 0) is 28.1 Å². The van der Waals surface area contributed by atoms with E-state index in [0.29, 0.717) is 0 Å². The first-order valence-corrected chi connectivity index (χ1v) is 6.73. The maximum Gasteiger partial charge on any atom is 0.237 e. The topological polar surface area (TPSA) is 34.1 Å². The van der Waals surface area contributed by atoms with Crippen molar-refractivity contribution >= 4 is 47.0 Å². The van der Waals surface area contributed by atoms with Gasteiger partial charge in [0.2, 0.25) is 9.05 Å². The van der Waals surface area contributed by atoms with Gasteiger partial charge in [0.05, 0.1) is 9.54 Å². The van der Waals surface area contributed by atoms with E-state index in [9.17, 15) is 8.42 Å². The van der Waals surface area contributed by atoms with Crippen molar-refractivity contribution in [3.63, 3.8) is 0 Å². The fraction of sp³-hybridized carbons (Fsp3) is 0.200. The van der Waals surface area contributed by atoms with E-state index in [0.717, 1.165) is 8.66 Å². The van der Waals surface area contributed by atoms with Crippen molar-refractivity contribution in [2.75, 3.05) is 0 Å². The zero-order valence-electron chi connectivity index (χ0n) is 5.25. The van der Waals surface area contributed by atoms with Crippen molar-refractivity contribution in [1.82, 2.24) is 0 Å². The van der Waals surface area contributed by atoms with Crippen LogP contribution in [-0.2, 0) is 14.8 Å². The highest BCUT2D eigenvalue weighted by atomic mass is 79.9. The monoisotopic (exact) mass is 274 g/mol. The molecule has 1 aromatic rings. The highest BCUT2D eigenvalue weighted by Crippen LogP contribution is 2.24. The van der Waals surface area contributed by atoms with Gasteiger partial charge >= 0.3 is 0 Å². The molecule has 1 aromatic heterocycles. The molecule has 0 fully saturated rings. The molecule has 0 N–H and O–H groups in total. The molecule has 0 amide bonds. The van der Waals surface area contributed by atoms with Crippen LogP contribution in [0.2, 0.25) is 0 Å². The van der Waals surface area contributed by atoms with Gasteiger partial charge in [-0.25, -0.2) is 8.42 Å². The molecule has 1 heterocycles. The number of hydrogen-bond donors (Lipinski definition) is 0. The lowest BCUT2D eigenvalue weighted by molar-refractivity contribution is 0.609. The first-order chi connectivity index (χ1) is 4.97. The van der Waals surface area contributed by atoms with E-state index in [-0.39, 0.29) is 5.75 Å². The van der Waals surface area contributed by atoms with Crippen molar-refractivity contribution in [2.24, 2.45) is 0 Å². The summed E-state index contributed by atoms with van der Waals surface area (Å²) in [4.78, 5) is 0.742. The van der Waals surface area contributed by atoms with Gasteiger partial charge in [-0.3, -0.25) is 0 Å². The largest absolute Gasteiger partial charge is 0.237 e. The smallest absolute Gasteiger partial charge is 0.212 e. The number of thiophene rings is 1. The van der Waals surface area contributed by atoms with Gasteiger partial charge in [-0.15, -0.1) is 11.3 Å². The van der Waals surface area contributed by atoms with Gasteiger partial charge in [0.1, 0.15) is 0 Å². The second-order valence-corrected chi connectivity index (χ2v) is 7.21. The normalized spacial score (nSPS) is 11.8. The molecular formula is C5H4BrClO2S2. The van der Waals surface area contributed by atoms with Crippen LogP contribution in [0.5, 0.6) is 0 Å². The summed E-state index contributed by atoms with van der Waals surface area (Å²) in [5.74, 6) is -0.0924. The second kappa shape index (κ2) is 3.43. The molecule has 11 heavy (non-hydrogen) atoms. The number of halogens is 2. The summed E-state index contributed by atoms with van der Waals surface area (Å²) in [6.07, 6.45) is 0. The van der Waals surface area contributed by atoms with Crippen LogP contribution in [0.25, 0.3) is 0 Å². The third-order valence-electron chi connectivity index (χ3n) is 0.944. The maximum atomic E-state index is 10.6. The molecule has 0 aliphatic rings. The minimum absolute atomic E-state index is 0.0924. The second-order valence-electron chi connectivity index (χ2n) is 1.89. The third-order valence-corrected chi connectivity index (χ3v) is 3.73. The fourth-order valence-electron chi connectivity index (χ4n) is 0.599. The Balaban J connectivity index is 2.81. The molecule has 0 aromatic carbocycles. The summed E-state index contributed by atoms with van der Waals surface area (Å²) in [5, 5.41) is 0. The standard InChI is InChI=1S/C5H4BrClO2S2/c6-5-2-1-4(10-5)3-11(7,8)9/h1-2H,3H2. The lowest BCUT2D eigenvalue weighted by Crippen LogP contribution is -1.90. The molecule has 0 bridgehead atoms. The van der Waals surface area contributed by atoms with E-state index in [1.54, 1.807) is 12.1 Å². The molecule has 1 rings (SSSR count).